The van der Waals surface area contributed by atoms with Gasteiger partial charge in [0.15, 0.2) is 5.78 Å². The zero-order chi connectivity index (χ0) is 14.1. The lowest BCUT2D eigenvalue weighted by atomic mass is 10.0. The highest BCUT2D eigenvalue weighted by atomic mass is 16.5. The van der Waals surface area contributed by atoms with Gasteiger partial charge in [-0.2, -0.15) is 0 Å². The predicted molar refractivity (Wildman–Crippen MR) is 79.7 cm³/mol. The summed E-state index contributed by atoms with van der Waals surface area (Å²) in [5.41, 5.74) is 2.27. The van der Waals surface area contributed by atoms with Crippen molar-refractivity contribution in [3.63, 3.8) is 0 Å². The third kappa shape index (κ3) is 5.73. The highest BCUT2D eigenvalue weighted by Crippen LogP contribution is 2.19. The summed E-state index contributed by atoms with van der Waals surface area (Å²) in [6.07, 6.45) is 8.37. The average molecular weight is 260 g/mol. The molecular formula is C17H24O2. The zero-order valence-electron chi connectivity index (χ0n) is 12.2. The van der Waals surface area contributed by atoms with Gasteiger partial charge < -0.3 is 4.74 Å². The van der Waals surface area contributed by atoms with Crippen molar-refractivity contribution in [2.24, 2.45) is 0 Å². The van der Waals surface area contributed by atoms with Crippen LogP contribution in [0.15, 0.2) is 30.4 Å². The summed E-state index contributed by atoms with van der Waals surface area (Å²) < 4.78 is 5.29. The minimum atomic E-state index is 0.204. The van der Waals surface area contributed by atoms with E-state index in [9.17, 15) is 4.79 Å². The number of rotatable bonds is 8. The van der Waals surface area contributed by atoms with E-state index in [4.69, 9.17) is 4.74 Å². The second-order valence-corrected chi connectivity index (χ2v) is 4.81. The summed E-state index contributed by atoms with van der Waals surface area (Å²) in [5, 5.41) is 0. The van der Waals surface area contributed by atoms with Crippen molar-refractivity contribution in [2.75, 3.05) is 7.11 Å². The van der Waals surface area contributed by atoms with E-state index >= 15 is 0 Å². The topological polar surface area (TPSA) is 26.3 Å². The molecule has 2 nitrogen and oxygen atoms in total. The van der Waals surface area contributed by atoms with Crippen molar-refractivity contribution in [3.05, 3.63) is 41.5 Å². The third-order valence-corrected chi connectivity index (χ3v) is 3.16. The second kappa shape index (κ2) is 8.52. The van der Waals surface area contributed by atoms with E-state index in [2.05, 4.69) is 13.0 Å². The van der Waals surface area contributed by atoms with Crippen LogP contribution in [0.3, 0.4) is 0 Å². The summed E-state index contributed by atoms with van der Waals surface area (Å²) >= 11 is 0. The molecule has 0 saturated carbocycles. The summed E-state index contributed by atoms with van der Waals surface area (Å²) in [6.45, 7) is 4.17. The predicted octanol–water partition coefficient (Wildman–Crippen LogP) is 4.25. The molecule has 0 heterocycles. The van der Waals surface area contributed by atoms with Gasteiger partial charge in [0.2, 0.25) is 0 Å². The molecular weight excluding hydrogens is 236 g/mol. The molecule has 104 valence electrons. The molecule has 1 aromatic carbocycles. The first kappa shape index (κ1) is 15.5. The molecule has 0 aromatic heterocycles. The van der Waals surface area contributed by atoms with Crippen LogP contribution in [0, 0.1) is 6.92 Å². The van der Waals surface area contributed by atoms with E-state index in [-0.39, 0.29) is 5.78 Å². The number of hydrogen-bond donors (Lipinski definition) is 0. The van der Waals surface area contributed by atoms with E-state index in [0.29, 0.717) is 6.42 Å². The van der Waals surface area contributed by atoms with Gasteiger partial charge in [-0.1, -0.05) is 38.0 Å². The van der Waals surface area contributed by atoms with E-state index < -0.39 is 0 Å². The summed E-state index contributed by atoms with van der Waals surface area (Å²) in [4.78, 5) is 11.7. The number of hydrogen-bond acceptors (Lipinski definition) is 2. The van der Waals surface area contributed by atoms with Crippen molar-refractivity contribution >= 4 is 5.78 Å². The molecule has 0 bridgehead atoms. The second-order valence-electron chi connectivity index (χ2n) is 4.81. The van der Waals surface area contributed by atoms with Crippen LogP contribution in [-0.4, -0.2) is 12.9 Å². The standard InChI is InChI=1S/C17H24O2/c1-4-5-6-7-8-16(18)12-11-15-10-9-14(2)17(13-15)19-3/h7-10,13H,4-6,11-12H2,1-3H3. The minimum absolute atomic E-state index is 0.204. The van der Waals surface area contributed by atoms with Gasteiger partial charge in [0.05, 0.1) is 7.11 Å². The van der Waals surface area contributed by atoms with Gasteiger partial charge in [-0.05, 0) is 43.0 Å². The maximum Gasteiger partial charge on any atom is 0.155 e. The molecule has 0 aliphatic rings. The quantitative estimate of drug-likeness (QED) is 0.516. The summed E-state index contributed by atoms with van der Waals surface area (Å²) in [6, 6.07) is 6.12. The van der Waals surface area contributed by atoms with Crippen LogP contribution >= 0.6 is 0 Å². The molecule has 2 heteroatoms. The Balaban J connectivity index is 2.44. The first-order valence-electron chi connectivity index (χ1n) is 7.00. The van der Waals surface area contributed by atoms with Gasteiger partial charge in [-0.3, -0.25) is 4.79 Å². The van der Waals surface area contributed by atoms with E-state index in [1.165, 1.54) is 6.42 Å². The molecule has 0 amide bonds. The van der Waals surface area contributed by atoms with Gasteiger partial charge >= 0.3 is 0 Å². The lowest BCUT2D eigenvalue weighted by Gasteiger charge is -2.06. The van der Waals surface area contributed by atoms with Crippen LogP contribution in [0.2, 0.25) is 0 Å². The van der Waals surface area contributed by atoms with Crippen LogP contribution in [0.1, 0.15) is 43.7 Å². The van der Waals surface area contributed by atoms with Gasteiger partial charge in [-0.15, -0.1) is 0 Å². The lowest BCUT2D eigenvalue weighted by molar-refractivity contribution is -0.114. The number of allylic oxidation sites excluding steroid dienone is 2. The summed E-state index contributed by atoms with van der Waals surface area (Å²) in [7, 11) is 1.67. The molecule has 0 fully saturated rings. The van der Waals surface area contributed by atoms with E-state index in [0.717, 1.165) is 36.1 Å². The largest absolute Gasteiger partial charge is 0.496 e. The van der Waals surface area contributed by atoms with Crippen molar-refractivity contribution in [2.45, 2.75) is 46.0 Å². The number of unbranched alkanes of at least 4 members (excludes halogenated alkanes) is 2. The smallest absolute Gasteiger partial charge is 0.155 e. The minimum Gasteiger partial charge on any atom is -0.496 e. The highest BCUT2D eigenvalue weighted by Gasteiger charge is 2.02. The van der Waals surface area contributed by atoms with Gasteiger partial charge in [0, 0.05) is 6.42 Å². The Kier molecular flexibility index (Phi) is 6.94. The van der Waals surface area contributed by atoms with Crippen molar-refractivity contribution in [1.82, 2.24) is 0 Å². The number of ether oxygens (including phenoxy) is 1. The Labute approximate surface area is 116 Å². The Bertz CT molecular complexity index is 433. The normalized spacial score (nSPS) is 10.9. The molecule has 1 rings (SSSR count). The van der Waals surface area contributed by atoms with Crippen LogP contribution in [0.5, 0.6) is 5.75 Å². The van der Waals surface area contributed by atoms with E-state index in [1.54, 1.807) is 13.2 Å². The molecule has 0 aliphatic heterocycles. The van der Waals surface area contributed by atoms with Crippen LogP contribution in [0.25, 0.3) is 0 Å². The Hall–Kier alpha value is -1.57. The molecule has 0 spiro atoms. The van der Waals surface area contributed by atoms with Crippen LogP contribution in [-0.2, 0) is 11.2 Å². The summed E-state index contributed by atoms with van der Waals surface area (Å²) in [5.74, 6) is 1.10. The molecule has 0 saturated heterocycles. The molecule has 0 radical (unpaired) electrons. The monoisotopic (exact) mass is 260 g/mol. The Morgan fingerprint density at radius 3 is 2.84 bits per heavy atom. The number of carbonyl (C=O) groups is 1. The fourth-order valence-corrected chi connectivity index (χ4v) is 1.91. The Morgan fingerprint density at radius 2 is 2.16 bits per heavy atom. The fourth-order valence-electron chi connectivity index (χ4n) is 1.91. The van der Waals surface area contributed by atoms with Gasteiger partial charge in [0.25, 0.3) is 0 Å². The SMILES string of the molecule is CCCCC=CC(=O)CCc1ccc(C)c(OC)c1. The van der Waals surface area contributed by atoms with Crippen LogP contribution < -0.4 is 4.74 Å². The molecule has 0 unspecified atom stereocenters. The molecule has 0 N–H and O–H groups in total. The van der Waals surface area contributed by atoms with Crippen molar-refractivity contribution < 1.29 is 9.53 Å². The Morgan fingerprint density at radius 1 is 1.37 bits per heavy atom. The lowest BCUT2D eigenvalue weighted by Crippen LogP contribution is -1.97. The van der Waals surface area contributed by atoms with Crippen molar-refractivity contribution in [3.8, 4) is 5.75 Å². The van der Waals surface area contributed by atoms with Crippen molar-refractivity contribution in [1.29, 1.82) is 0 Å². The number of methoxy groups -OCH3 is 1. The first-order valence-corrected chi connectivity index (χ1v) is 7.00. The number of aryl methyl sites for hydroxylation is 2. The van der Waals surface area contributed by atoms with Crippen LogP contribution in [0.4, 0.5) is 0 Å². The molecule has 0 aliphatic carbocycles. The molecule has 0 atom stereocenters. The zero-order valence-corrected chi connectivity index (χ0v) is 12.2. The first-order chi connectivity index (χ1) is 9.17. The molecule has 1 aromatic rings. The van der Waals surface area contributed by atoms with Gasteiger partial charge in [-0.25, -0.2) is 0 Å². The maximum atomic E-state index is 11.7. The third-order valence-electron chi connectivity index (χ3n) is 3.16. The molecule has 19 heavy (non-hydrogen) atoms. The average Bonchev–Trinajstić information content (AvgIpc) is 2.42. The van der Waals surface area contributed by atoms with Gasteiger partial charge in [0.1, 0.15) is 5.75 Å². The highest BCUT2D eigenvalue weighted by molar-refractivity contribution is 5.89. The maximum absolute atomic E-state index is 11.7. The number of carbonyl (C=O) groups excluding carboxylic acids is 1. The fraction of sp³-hybridized carbons (Fsp3) is 0.471. The van der Waals surface area contributed by atoms with E-state index in [1.807, 2.05) is 25.1 Å². The number of benzene rings is 1. The number of ketones is 1.